The zero-order valence-electron chi connectivity index (χ0n) is 13.6. The maximum atomic E-state index is 12.4. The summed E-state index contributed by atoms with van der Waals surface area (Å²) in [4.78, 5) is 26.3. The van der Waals surface area contributed by atoms with E-state index in [2.05, 4.69) is 21.0 Å². The van der Waals surface area contributed by atoms with Gasteiger partial charge in [-0.2, -0.15) is 15.0 Å². The summed E-state index contributed by atoms with van der Waals surface area (Å²) in [5, 5.41) is 0. The number of fused-ring (bicyclic) bond motifs is 1. The highest BCUT2D eigenvalue weighted by atomic mass is 16.5. The molecule has 8 nitrogen and oxygen atoms in total. The number of carbonyl (C=O) groups excluding carboxylic acids is 1. The van der Waals surface area contributed by atoms with Gasteiger partial charge in [-0.15, -0.1) is 0 Å². The van der Waals surface area contributed by atoms with Crippen molar-refractivity contribution in [1.29, 1.82) is 0 Å². The molecule has 0 bridgehead atoms. The Morgan fingerprint density at radius 3 is 2.58 bits per heavy atom. The number of hydrogen-bond donors (Lipinski definition) is 2. The van der Waals surface area contributed by atoms with Crippen LogP contribution in [0.5, 0.6) is 0 Å². The maximum absolute atomic E-state index is 12.4. The lowest BCUT2D eigenvalue weighted by atomic mass is 9.86. The predicted molar refractivity (Wildman–Crippen MR) is 89.9 cm³/mol. The van der Waals surface area contributed by atoms with Crippen LogP contribution in [-0.4, -0.2) is 34.1 Å². The fourth-order valence-corrected chi connectivity index (χ4v) is 3.22. The van der Waals surface area contributed by atoms with Crippen LogP contribution in [0.25, 0.3) is 0 Å². The van der Waals surface area contributed by atoms with E-state index >= 15 is 0 Å². The summed E-state index contributed by atoms with van der Waals surface area (Å²) in [6, 6.07) is 7.53. The molecule has 24 heavy (non-hydrogen) atoms. The first kappa shape index (κ1) is 16.0. The number of benzene rings is 1. The third-order valence-electron chi connectivity index (χ3n) is 4.19. The van der Waals surface area contributed by atoms with Gasteiger partial charge >= 0.3 is 5.97 Å². The first-order chi connectivity index (χ1) is 11.5. The first-order valence-electron chi connectivity index (χ1n) is 7.68. The van der Waals surface area contributed by atoms with Gasteiger partial charge in [0.1, 0.15) is 6.04 Å². The minimum atomic E-state index is -0.427. The molecular formula is C16H20N6O2. The number of nitrogens with two attached hydrogens (primary N) is 2. The van der Waals surface area contributed by atoms with Gasteiger partial charge in [0, 0.05) is 5.69 Å². The second-order valence-corrected chi connectivity index (χ2v) is 5.87. The number of carbonyl (C=O) groups is 1. The van der Waals surface area contributed by atoms with Gasteiger partial charge in [-0.25, -0.2) is 4.79 Å². The SMILES string of the molecule is COC(=O)[C@@H]1[C@H](C)Cc2ccccc2N1Cc1nc(N)nc(N)n1. The summed E-state index contributed by atoms with van der Waals surface area (Å²) in [5.41, 5.74) is 13.4. The molecule has 1 aromatic heterocycles. The number of anilines is 3. The van der Waals surface area contributed by atoms with Gasteiger partial charge in [-0.05, 0) is 24.0 Å². The molecule has 1 aliphatic rings. The third kappa shape index (κ3) is 2.94. The van der Waals surface area contributed by atoms with Crippen molar-refractivity contribution in [3.05, 3.63) is 35.7 Å². The molecule has 0 amide bonds. The Kier molecular flexibility index (Phi) is 4.20. The van der Waals surface area contributed by atoms with Crippen molar-refractivity contribution in [2.45, 2.75) is 25.9 Å². The molecule has 0 saturated carbocycles. The van der Waals surface area contributed by atoms with E-state index in [1.165, 1.54) is 12.7 Å². The van der Waals surface area contributed by atoms with Gasteiger partial charge in [0.05, 0.1) is 13.7 Å². The van der Waals surface area contributed by atoms with Crippen LogP contribution in [0.4, 0.5) is 17.6 Å². The molecule has 0 spiro atoms. The highest BCUT2D eigenvalue weighted by Crippen LogP contribution is 2.35. The van der Waals surface area contributed by atoms with Crippen molar-refractivity contribution >= 4 is 23.6 Å². The number of esters is 1. The maximum Gasteiger partial charge on any atom is 0.328 e. The molecule has 0 aliphatic carbocycles. The summed E-state index contributed by atoms with van der Waals surface area (Å²) in [5.74, 6) is 0.338. The molecule has 0 unspecified atom stereocenters. The van der Waals surface area contributed by atoms with Gasteiger partial charge in [0.25, 0.3) is 0 Å². The van der Waals surface area contributed by atoms with Crippen LogP contribution >= 0.6 is 0 Å². The monoisotopic (exact) mass is 328 g/mol. The van der Waals surface area contributed by atoms with E-state index in [1.807, 2.05) is 30.0 Å². The van der Waals surface area contributed by atoms with Gasteiger partial charge in [0.2, 0.25) is 11.9 Å². The van der Waals surface area contributed by atoms with Crippen molar-refractivity contribution in [1.82, 2.24) is 15.0 Å². The van der Waals surface area contributed by atoms with Crippen LogP contribution < -0.4 is 16.4 Å². The molecule has 0 saturated heterocycles. The van der Waals surface area contributed by atoms with E-state index in [0.717, 1.165) is 12.1 Å². The number of rotatable bonds is 3. The lowest BCUT2D eigenvalue weighted by molar-refractivity contribution is -0.143. The molecule has 1 aromatic carbocycles. The number of methoxy groups -OCH3 is 1. The summed E-state index contributed by atoms with van der Waals surface area (Å²) in [6.45, 7) is 2.32. The van der Waals surface area contributed by atoms with E-state index in [0.29, 0.717) is 5.82 Å². The molecule has 2 aromatic rings. The molecule has 3 rings (SSSR count). The van der Waals surface area contributed by atoms with Crippen molar-refractivity contribution in [2.24, 2.45) is 5.92 Å². The molecule has 8 heteroatoms. The van der Waals surface area contributed by atoms with Crippen molar-refractivity contribution in [3.63, 3.8) is 0 Å². The Labute approximate surface area is 139 Å². The second kappa shape index (κ2) is 6.31. The summed E-state index contributed by atoms with van der Waals surface area (Å²) in [7, 11) is 1.40. The van der Waals surface area contributed by atoms with Crippen molar-refractivity contribution < 1.29 is 9.53 Å². The van der Waals surface area contributed by atoms with Gasteiger partial charge in [-0.3, -0.25) is 0 Å². The highest BCUT2D eigenvalue weighted by molar-refractivity contribution is 5.82. The van der Waals surface area contributed by atoms with E-state index in [1.54, 1.807) is 0 Å². The van der Waals surface area contributed by atoms with Crippen LogP contribution in [0.15, 0.2) is 24.3 Å². The minimum absolute atomic E-state index is 0.0606. The van der Waals surface area contributed by atoms with E-state index in [4.69, 9.17) is 16.2 Å². The average molecular weight is 328 g/mol. The van der Waals surface area contributed by atoms with Crippen molar-refractivity contribution in [2.75, 3.05) is 23.5 Å². The fraction of sp³-hybridized carbons (Fsp3) is 0.375. The standard InChI is InChI=1S/C16H20N6O2/c1-9-7-10-5-3-4-6-11(10)22(13(9)14(23)24-2)8-12-19-15(17)21-16(18)20-12/h3-6,9,13H,7-8H2,1-2H3,(H4,17,18,19,20,21)/t9-,13+/m1/s1. The van der Waals surface area contributed by atoms with E-state index in [-0.39, 0.29) is 30.3 Å². The summed E-state index contributed by atoms with van der Waals surface area (Å²) < 4.78 is 5.01. The zero-order valence-corrected chi connectivity index (χ0v) is 13.6. The lowest BCUT2D eigenvalue weighted by Crippen LogP contribution is -2.49. The Balaban J connectivity index is 2.03. The molecule has 126 valence electrons. The Hall–Kier alpha value is -2.90. The van der Waals surface area contributed by atoms with E-state index in [9.17, 15) is 4.79 Å². The quantitative estimate of drug-likeness (QED) is 0.793. The average Bonchev–Trinajstić information content (AvgIpc) is 2.53. The largest absolute Gasteiger partial charge is 0.467 e. The number of aromatic nitrogens is 3. The van der Waals surface area contributed by atoms with Crippen LogP contribution in [0.3, 0.4) is 0 Å². The fourth-order valence-electron chi connectivity index (χ4n) is 3.22. The molecule has 0 radical (unpaired) electrons. The number of nitrogens with zero attached hydrogens (tertiary/aromatic N) is 4. The van der Waals surface area contributed by atoms with Crippen molar-refractivity contribution in [3.8, 4) is 0 Å². The minimum Gasteiger partial charge on any atom is -0.467 e. The smallest absolute Gasteiger partial charge is 0.328 e. The number of para-hydroxylation sites is 1. The zero-order chi connectivity index (χ0) is 17.3. The highest BCUT2D eigenvalue weighted by Gasteiger charge is 2.37. The Morgan fingerprint density at radius 1 is 1.25 bits per heavy atom. The predicted octanol–water partition coefficient (Wildman–Crippen LogP) is 0.776. The molecule has 0 fully saturated rings. The van der Waals surface area contributed by atoms with Gasteiger partial charge in [-0.1, -0.05) is 25.1 Å². The topological polar surface area (TPSA) is 120 Å². The number of hydrogen-bond acceptors (Lipinski definition) is 8. The molecule has 4 N–H and O–H groups in total. The molecule has 1 aliphatic heterocycles. The van der Waals surface area contributed by atoms with Gasteiger partial charge in [0.15, 0.2) is 5.82 Å². The number of nitrogen functional groups attached to an aromatic ring is 2. The molecular weight excluding hydrogens is 308 g/mol. The normalized spacial score (nSPS) is 19.7. The summed E-state index contributed by atoms with van der Waals surface area (Å²) >= 11 is 0. The molecule has 2 heterocycles. The van der Waals surface area contributed by atoms with Crippen LogP contribution in [0, 0.1) is 5.92 Å². The first-order valence-corrected chi connectivity index (χ1v) is 7.68. The van der Waals surface area contributed by atoms with E-state index < -0.39 is 6.04 Å². The van der Waals surface area contributed by atoms with Crippen LogP contribution in [0.2, 0.25) is 0 Å². The number of ether oxygens (including phenoxy) is 1. The third-order valence-corrected chi connectivity index (χ3v) is 4.19. The second-order valence-electron chi connectivity index (χ2n) is 5.87. The molecule has 2 atom stereocenters. The van der Waals surface area contributed by atoms with Crippen LogP contribution in [0.1, 0.15) is 18.3 Å². The van der Waals surface area contributed by atoms with Crippen LogP contribution in [-0.2, 0) is 22.5 Å². The van der Waals surface area contributed by atoms with Gasteiger partial charge < -0.3 is 21.1 Å². The Bertz CT molecular complexity index is 746. The Morgan fingerprint density at radius 2 is 1.92 bits per heavy atom. The lowest BCUT2D eigenvalue weighted by Gasteiger charge is -2.40. The summed E-state index contributed by atoms with van der Waals surface area (Å²) in [6.07, 6.45) is 0.800.